The largest absolute Gasteiger partial charge is 0.352 e. The van der Waals surface area contributed by atoms with Gasteiger partial charge in [-0.05, 0) is 0 Å². The molecule has 11 heteroatoms. The Morgan fingerprint density at radius 2 is 1.95 bits per heavy atom. The van der Waals surface area contributed by atoms with Gasteiger partial charge in [0.05, 0.1) is 17.3 Å². The highest BCUT2D eigenvalue weighted by Crippen LogP contribution is 2.42. The summed E-state index contributed by atoms with van der Waals surface area (Å²) in [5.74, 6) is 0.227. The summed E-state index contributed by atoms with van der Waals surface area (Å²) in [5, 5.41) is 8.60. The van der Waals surface area contributed by atoms with Crippen molar-refractivity contribution in [2.75, 3.05) is 35.2 Å². The Labute approximate surface area is 135 Å². The standard InChI is InChI=1S/C11H15ClN4O4S2/c1-2-22(19,20)11-14-8(7-13)9(12)10(15-11)16-3-5-21(17,18)6-4-16/h17-18H,2-6H2,1H3. The molecule has 1 aliphatic rings. The highest BCUT2D eigenvalue weighted by Gasteiger charge is 2.28. The van der Waals surface area contributed by atoms with Crippen LogP contribution in [0.25, 0.3) is 0 Å². The van der Waals surface area contributed by atoms with Crippen molar-refractivity contribution >= 4 is 37.8 Å². The van der Waals surface area contributed by atoms with Gasteiger partial charge >= 0.3 is 0 Å². The minimum Gasteiger partial charge on any atom is -0.352 e. The first-order valence-electron chi connectivity index (χ1n) is 6.39. The summed E-state index contributed by atoms with van der Waals surface area (Å²) in [6, 6.07) is 1.76. The van der Waals surface area contributed by atoms with Crippen molar-refractivity contribution in [2.24, 2.45) is 0 Å². The van der Waals surface area contributed by atoms with Crippen LogP contribution < -0.4 is 4.90 Å². The van der Waals surface area contributed by atoms with Crippen LogP contribution in [0.5, 0.6) is 0 Å². The van der Waals surface area contributed by atoms with Crippen LogP contribution in [-0.4, -0.2) is 57.8 Å². The molecular weight excluding hydrogens is 352 g/mol. The first kappa shape index (κ1) is 17.2. The zero-order chi connectivity index (χ0) is 16.5. The number of rotatable bonds is 3. The fourth-order valence-corrected chi connectivity index (χ4v) is 4.10. The number of hydrogen-bond donors (Lipinski definition) is 2. The topological polar surface area (TPSA) is 127 Å². The van der Waals surface area contributed by atoms with Crippen molar-refractivity contribution in [1.29, 1.82) is 5.26 Å². The van der Waals surface area contributed by atoms with Gasteiger partial charge in [0.1, 0.15) is 11.1 Å². The summed E-state index contributed by atoms with van der Waals surface area (Å²) in [7, 11) is -6.29. The molecule has 22 heavy (non-hydrogen) atoms. The van der Waals surface area contributed by atoms with E-state index in [4.69, 9.17) is 16.9 Å². The molecule has 8 nitrogen and oxygen atoms in total. The van der Waals surface area contributed by atoms with Crippen molar-refractivity contribution in [2.45, 2.75) is 12.1 Å². The van der Waals surface area contributed by atoms with Gasteiger partial charge in [-0.15, -0.1) is 0 Å². The predicted molar refractivity (Wildman–Crippen MR) is 84.3 cm³/mol. The number of aromatic nitrogens is 2. The number of hydrogen-bond acceptors (Lipinski definition) is 8. The fourth-order valence-electron chi connectivity index (χ4n) is 1.91. The van der Waals surface area contributed by atoms with Gasteiger partial charge in [0.15, 0.2) is 11.5 Å². The average Bonchev–Trinajstić information content (AvgIpc) is 2.47. The molecule has 0 bridgehead atoms. The lowest BCUT2D eigenvalue weighted by Crippen LogP contribution is -2.39. The third-order valence-corrected chi connectivity index (χ3v) is 6.77. The Morgan fingerprint density at radius 1 is 1.36 bits per heavy atom. The average molecular weight is 367 g/mol. The molecule has 0 unspecified atom stereocenters. The number of halogens is 1. The zero-order valence-corrected chi connectivity index (χ0v) is 14.1. The molecule has 0 atom stereocenters. The van der Waals surface area contributed by atoms with Gasteiger partial charge in [-0.3, -0.25) is 9.11 Å². The van der Waals surface area contributed by atoms with E-state index in [0.717, 1.165) is 0 Å². The van der Waals surface area contributed by atoms with E-state index in [-0.39, 0.29) is 46.9 Å². The summed E-state index contributed by atoms with van der Waals surface area (Å²) >= 11 is 6.08. The Kier molecular flexibility index (Phi) is 4.84. The lowest BCUT2D eigenvalue weighted by Gasteiger charge is -2.41. The van der Waals surface area contributed by atoms with Gasteiger partial charge < -0.3 is 4.90 Å². The van der Waals surface area contributed by atoms with Crippen LogP contribution in [0.4, 0.5) is 5.82 Å². The lowest BCUT2D eigenvalue weighted by atomic mass is 10.3. The molecule has 0 spiro atoms. The number of anilines is 1. The summed E-state index contributed by atoms with van der Waals surface area (Å²) in [4.78, 5) is 9.33. The van der Waals surface area contributed by atoms with Crippen LogP contribution in [0.15, 0.2) is 5.16 Å². The second-order valence-electron chi connectivity index (χ2n) is 4.71. The molecular formula is C11H15ClN4O4S2. The molecule has 1 aliphatic heterocycles. The number of nitrogens with zero attached hydrogens (tertiary/aromatic N) is 4. The van der Waals surface area contributed by atoms with Gasteiger partial charge in [-0.1, -0.05) is 18.5 Å². The Bertz CT molecular complexity index is 722. The molecule has 0 aliphatic carbocycles. The molecule has 1 saturated heterocycles. The third kappa shape index (κ3) is 3.44. The molecule has 0 amide bonds. The quantitative estimate of drug-likeness (QED) is 0.767. The zero-order valence-electron chi connectivity index (χ0n) is 11.7. The predicted octanol–water partition coefficient (Wildman–Crippen LogP) is 1.37. The molecule has 1 aromatic heterocycles. The van der Waals surface area contributed by atoms with Crippen molar-refractivity contribution < 1.29 is 17.5 Å². The van der Waals surface area contributed by atoms with Gasteiger partial charge in [0.25, 0.3) is 0 Å². The van der Waals surface area contributed by atoms with E-state index >= 15 is 0 Å². The minimum absolute atomic E-state index is 0.0315. The Morgan fingerprint density at radius 3 is 2.45 bits per heavy atom. The fraction of sp³-hybridized carbons (Fsp3) is 0.545. The van der Waals surface area contributed by atoms with Crippen LogP contribution in [-0.2, 0) is 9.84 Å². The number of sulfone groups is 1. The highest BCUT2D eigenvalue weighted by molar-refractivity contribution is 8.24. The monoisotopic (exact) mass is 366 g/mol. The van der Waals surface area contributed by atoms with E-state index in [1.165, 1.54) is 6.92 Å². The SMILES string of the molecule is CCS(=O)(=O)c1nc(C#N)c(Cl)c(N2CCS(O)(O)CC2)n1. The van der Waals surface area contributed by atoms with Crippen LogP contribution in [0.1, 0.15) is 12.6 Å². The van der Waals surface area contributed by atoms with E-state index in [0.29, 0.717) is 0 Å². The molecule has 2 heterocycles. The van der Waals surface area contributed by atoms with E-state index in [2.05, 4.69) is 9.97 Å². The van der Waals surface area contributed by atoms with E-state index in [9.17, 15) is 17.5 Å². The van der Waals surface area contributed by atoms with Gasteiger partial charge in [-0.2, -0.15) is 20.8 Å². The summed E-state index contributed by atoms with van der Waals surface area (Å²) in [5.41, 5.74) is -0.212. The molecule has 0 aromatic carbocycles. The molecule has 122 valence electrons. The van der Waals surface area contributed by atoms with Crippen LogP contribution in [0.2, 0.25) is 5.02 Å². The van der Waals surface area contributed by atoms with Crippen LogP contribution in [0.3, 0.4) is 0 Å². The van der Waals surface area contributed by atoms with E-state index in [1.807, 2.05) is 0 Å². The highest BCUT2D eigenvalue weighted by atomic mass is 35.5. The summed E-state index contributed by atoms with van der Waals surface area (Å²) in [6.07, 6.45) is 0. The van der Waals surface area contributed by atoms with Crippen molar-refractivity contribution in [3.8, 4) is 6.07 Å². The van der Waals surface area contributed by atoms with E-state index in [1.54, 1.807) is 11.0 Å². The first-order chi connectivity index (χ1) is 10.2. The minimum atomic E-state index is -3.68. The Balaban J connectivity index is 2.48. The van der Waals surface area contributed by atoms with Crippen molar-refractivity contribution in [3.05, 3.63) is 10.7 Å². The molecule has 1 aromatic rings. The molecule has 2 rings (SSSR count). The molecule has 2 N–H and O–H groups in total. The molecule has 0 radical (unpaired) electrons. The van der Waals surface area contributed by atoms with Crippen LogP contribution in [0, 0.1) is 11.3 Å². The van der Waals surface area contributed by atoms with Crippen LogP contribution >= 0.6 is 22.2 Å². The molecule has 0 saturated carbocycles. The second-order valence-corrected chi connectivity index (χ2v) is 9.68. The maximum absolute atomic E-state index is 11.9. The smallest absolute Gasteiger partial charge is 0.250 e. The molecule has 1 fully saturated rings. The number of nitriles is 1. The van der Waals surface area contributed by atoms with Crippen molar-refractivity contribution in [1.82, 2.24) is 9.97 Å². The lowest BCUT2D eigenvalue weighted by molar-refractivity contribution is 0.478. The maximum atomic E-state index is 11.9. The third-order valence-electron chi connectivity index (χ3n) is 3.25. The normalized spacial score (nSPS) is 19.5. The second kappa shape index (κ2) is 6.17. The van der Waals surface area contributed by atoms with Gasteiger partial charge in [0, 0.05) is 13.1 Å². The summed E-state index contributed by atoms with van der Waals surface area (Å²) < 4.78 is 43.2. The van der Waals surface area contributed by atoms with Gasteiger partial charge in [0.2, 0.25) is 15.0 Å². The van der Waals surface area contributed by atoms with Gasteiger partial charge in [-0.25, -0.2) is 13.4 Å². The first-order valence-corrected chi connectivity index (χ1v) is 10.3. The maximum Gasteiger partial charge on any atom is 0.250 e. The Hall–Kier alpha value is -1.12. The summed E-state index contributed by atoms with van der Waals surface area (Å²) in [6.45, 7) is 1.97. The van der Waals surface area contributed by atoms with Crippen molar-refractivity contribution in [3.63, 3.8) is 0 Å². The van der Waals surface area contributed by atoms with E-state index < -0.39 is 25.6 Å².